The first kappa shape index (κ1) is 17.1. The smallest absolute Gasteiger partial charge is 0.325 e. The van der Waals surface area contributed by atoms with Crippen molar-refractivity contribution in [3.8, 4) is 0 Å². The van der Waals surface area contributed by atoms with E-state index in [1.54, 1.807) is 11.8 Å². The van der Waals surface area contributed by atoms with Gasteiger partial charge in [-0.3, -0.25) is 19.3 Å². The van der Waals surface area contributed by atoms with Crippen LogP contribution in [0.5, 0.6) is 0 Å². The van der Waals surface area contributed by atoms with Crippen molar-refractivity contribution in [2.75, 3.05) is 26.2 Å². The van der Waals surface area contributed by atoms with Crippen LogP contribution in [0.1, 0.15) is 25.3 Å². The van der Waals surface area contributed by atoms with Gasteiger partial charge in [-0.15, -0.1) is 0 Å². The van der Waals surface area contributed by atoms with E-state index in [4.69, 9.17) is 0 Å². The van der Waals surface area contributed by atoms with Gasteiger partial charge in [-0.1, -0.05) is 30.3 Å². The number of hydrogen-bond donors (Lipinski definition) is 1. The normalized spacial score (nSPS) is 19.7. The molecule has 0 aromatic heterocycles. The fraction of sp³-hybridized carbons (Fsp3) is 0.444. The Kier molecular flexibility index (Phi) is 4.57. The Bertz CT molecular complexity index is 692. The second kappa shape index (κ2) is 6.66. The highest BCUT2D eigenvalue weighted by Crippen LogP contribution is 2.36. The van der Waals surface area contributed by atoms with Gasteiger partial charge in [0.1, 0.15) is 12.3 Å². The molecule has 132 valence electrons. The SMILES string of the molecule is CC(=O)C1(c2ccccc2)CCN(C(=O)CN2C(=O)CNC2=O)CC1. The summed E-state index contributed by atoms with van der Waals surface area (Å²) in [6.45, 7) is 2.14. The van der Waals surface area contributed by atoms with E-state index in [1.165, 1.54) is 0 Å². The standard InChI is InChI=1S/C18H21N3O4/c1-13(22)18(14-5-3-2-4-6-14)7-9-20(10-8-18)16(24)12-21-15(23)11-19-17(21)25/h2-6H,7-12H2,1H3,(H,19,25). The van der Waals surface area contributed by atoms with Crippen molar-refractivity contribution in [3.63, 3.8) is 0 Å². The molecule has 2 heterocycles. The summed E-state index contributed by atoms with van der Waals surface area (Å²) in [4.78, 5) is 50.5. The van der Waals surface area contributed by atoms with Crippen LogP contribution < -0.4 is 5.32 Å². The molecule has 0 unspecified atom stereocenters. The molecule has 1 N–H and O–H groups in total. The summed E-state index contributed by atoms with van der Waals surface area (Å²) in [5, 5.41) is 2.40. The maximum Gasteiger partial charge on any atom is 0.325 e. The molecule has 0 radical (unpaired) electrons. The maximum absolute atomic E-state index is 12.4. The minimum Gasteiger partial charge on any atom is -0.341 e. The third-order valence-electron chi connectivity index (χ3n) is 5.20. The Labute approximate surface area is 146 Å². The summed E-state index contributed by atoms with van der Waals surface area (Å²) in [5.41, 5.74) is 0.405. The van der Waals surface area contributed by atoms with Gasteiger partial charge in [0.2, 0.25) is 5.91 Å². The molecule has 2 aliphatic heterocycles. The van der Waals surface area contributed by atoms with E-state index in [1.807, 2.05) is 30.3 Å². The number of nitrogens with one attached hydrogen (secondary N) is 1. The first-order valence-electron chi connectivity index (χ1n) is 8.36. The maximum atomic E-state index is 12.4. The van der Waals surface area contributed by atoms with Gasteiger partial charge in [0.15, 0.2) is 0 Å². The number of benzene rings is 1. The summed E-state index contributed by atoms with van der Waals surface area (Å²) >= 11 is 0. The van der Waals surface area contributed by atoms with Crippen LogP contribution in [0.25, 0.3) is 0 Å². The Morgan fingerprint density at radius 1 is 1.12 bits per heavy atom. The number of piperidine rings is 1. The van der Waals surface area contributed by atoms with E-state index in [0.717, 1.165) is 10.5 Å². The van der Waals surface area contributed by atoms with Crippen molar-refractivity contribution < 1.29 is 19.2 Å². The summed E-state index contributed by atoms with van der Waals surface area (Å²) in [6, 6.07) is 9.11. The number of carbonyl (C=O) groups is 4. The Hall–Kier alpha value is -2.70. The predicted molar refractivity (Wildman–Crippen MR) is 89.7 cm³/mol. The van der Waals surface area contributed by atoms with E-state index in [-0.39, 0.29) is 24.8 Å². The summed E-state index contributed by atoms with van der Waals surface area (Å²) in [6.07, 6.45) is 1.08. The molecule has 0 bridgehead atoms. The molecule has 4 amide bonds. The molecule has 1 aromatic carbocycles. The molecule has 0 aliphatic carbocycles. The summed E-state index contributed by atoms with van der Waals surface area (Å²) < 4.78 is 0. The van der Waals surface area contributed by atoms with Crippen LogP contribution >= 0.6 is 0 Å². The van der Waals surface area contributed by atoms with Gasteiger partial charge in [-0.25, -0.2) is 4.79 Å². The zero-order valence-corrected chi connectivity index (χ0v) is 14.2. The van der Waals surface area contributed by atoms with Crippen LogP contribution in [0, 0.1) is 0 Å². The molecule has 0 spiro atoms. The topological polar surface area (TPSA) is 86.8 Å². The number of amides is 4. The first-order valence-corrected chi connectivity index (χ1v) is 8.36. The van der Waals surface area contributed by atoms with Gasteiger partial charge in [-0.2, -0.15) is 0 Å². The van der Waals surface area contributed by atoms with Gasteiger partial charge >= 0.3 is 6.03 Å². The molecule has 2 saturated heterocycles. The molecule has 7 heteroatoms. The van der Waals surface area contributed by atoms with Gasteiger partial charge in [0.05, 0.1) is 12.0 Å². The van der Waals surface area contributed by atoms with Gasteiger partial charge < -0.3 is 10.2 Å². The van der Waals surface area contributed by atoms with Gasteiger partial charge in [-0.05, 0) is 25.3 Å². The molecule has 0 atom stereocenters. The zero-order chi connectivity index (χ0) is 18.0. The highest BCUT2D eigenvalue weighted by Gasteiger charge is 2.42. The largest absolute Gasteiger partial charge is 0.341 e. The van der Waals surface area contributed by atoms with E-state index in [9.17, 15) is 19.2 Å². The monoisotopic (exact) mass is 343 g/mol. The zero-order valence-electron chi connectivity index (χ0n) is 14.2. The number of Topliss-reactive ketones (excluding diaryl/α,β-unsaturated/α-hetero) is 1. The predicted octanol–water partition coefficient (Wildman–Crippen LogP) is 0.688. The Morgan fingerprint density at radius 2 is 1.76 bits per heavy atom. The fourth-order valence-electron chi connectivity index (χ4n) is 3.59. The van der Waals surface area contributed by atoms with E-state index >= 15 is 0 Å². The minimum absolute atomic E-state index is 0.0619. The van der Waals surface area contributed by atoms with Crippen molar-refractivity contribution in [1.82, 2.24) is 15.1 Å². The van der Waals surface area contributed by atoms with Crippen LogP contribution in [-0.4, -0.2) is 59.6 Å². The molecule has 0 saturated carbocycles. The second-order valence-corrected chi connectivity index (χ2v) is 6.52. The van der Waals surface area contributed by atoms with Gasteiger partial charge in [0, 0.05) is 13.1 Å². The number of likely N-dealkylation sites (tertiary alicyclic amines) is 1. The van der Waals surface area contributed by atoms with E-state index < -0.39 is 17.4 Å². The van der Waals surface area contributed by atoms with Crippen molar-refractivity contribution in [2.45, 2.75) is 25.2 Å². The quantitative estimate of drug-likeness (QED) is 0.815. The molecule has 25 heavy (non-hydrogen) atoms. The number of nitrogens with zero attached hydrogens (tertiary/aromatic N) is 2. The number of rotatable bonds is 4. The summed E-state index contributed by atoms with van der Waals surface area (Å²) in [7, 11) is 0. The Morgan fingerprint density at radius 3 is 2.28 bits per heavy atom. The third-order valence-corrected chi connectivity index (χ3v) is 5.20. The molecule has 2 fully saturated rings. The highest BCUT2D eigenvalue weighted by molar-refractivity contribution is 6.04. The van der Waals surface area contributed by atoms with Crippen LogP contribution in [0.3, 0.4) is 0 Å². The lowest BCUT2D eigenvalue weighted by atomic mass is 9.70. The van der Waals surface area contributed by atoms with E-state index in [0.29, 0.717) is 25.9 Å². The number of urea groups is 1. The number of carbonyl (C=O) groups excluding carboxylic acids is 4. The van der Waals surface area contributed by atoms with Crippen LogP contribution in [0.15, 0.2) is 30.3 Å². The molecule has 3 rings (SSSR count). The van der Waals surface area contributed by atoms with Crippen molar-refractivity contribution in [1.29, 1.82) is 0 Å². The molecular weight excluding hydrogens is 322 g/mol. The lowest BCUT2D eigenvalue weighted by Crippen LogP contribution is -2.51. The summed E-state index contributed by atoms with van der Waals surface area (Å²) in [5.74, 6) is -0.562. The van der Waals surface area contributed by atoms with Gasteiger partial charge in [0.25, 0.3) is 5.91 Å². The lowest BCUT2D eigenvalue weighted by Gasteiger charge is -2.40. The second-order valence-electron chi connectivity index (χ2n) is 6.52. The number of ketones is 1. The molecular formula is C18H21N3O4. The lowest BCUT2D eigenvalue weighted by molar-refractivity contribution is -0.139. The van der Waals surface area contributed by atoms with Crippen LogP contribution in [0.4, 0.5) is 4.79 Å². The van der Waals surface area contributed by atoms with Crippen LogP contribution in [0.2, 0.25) is 0 Å². The molecule has 1 aromatic rings. The average Bonchev–Trinajstić information content (AvgIpc) is 2.94. The first-order chi connectivity index (χ1) is 11.9. The number of hydrogen-bond acceptors (Lipinski definition) is 4. The van der Waals surface area contributed by atoms with Crippen LogP contribution in [-0.2, 0) is 19.8 Å². The minimum atomic E-state index is -0.571. The third kappa shape index (κ3) is 3.14. The van der Waals surface area contributed by atoms with E-state index in [2.05, 4.69) is 5.32 Å². The highest BCUT2D eigenvalue weighted by atomic mass is 16.2. The van der Waals surface area contributed by atoms with Crippen molar-refractivity contribution >= 4 is 23.6 Å². The Balaban J connectivity index is 1.68. The fourth-order valence-corrected chi connectivity index (χ4v) is 3.59. The number of imide groups is 1. The van der Waals surface area contributed by atoms with Crippen molar-refractivity contribution in [2.24, 2.45) is 0 Å². The average molecular weight is 343 g/mol. The molecule has 2 aliphatic rings. The molecule has 7 nitrogen and oxygen atoms in total. The van der Waals surface area contributed by atoms with Crippen molar-refractivity contribution in [3.05, 3.63) is 35.9 Å².